The van der Waals surface area contributed by atoms with Crippen LogP contribution in [0.2, 0.25) is 5.02 Å². The van der Waals surface area contributed by atoms with Crippen molar-refractivity contribution in [2.75, 3.05) is 11.5 Å². The maximum absolute atomic E-state index is 14.0. The molecule has 1 aliphatic rings. The van der Waals surface area contributed by atoms with Gasteiger partial charge in [-0.25, -0.2) is 0 Å². The van der Waals surface area contributed by atoms with Gasteiger partial charge < -0.3 is 19.0 Å². The van der Waals surface area contributed by atoms with Crippen molar-refractivity contribution in [2.45, 2.75) is 59.3 Å². The number of esters is 1. The summed E-state index contributed by atoms with van der Waals surface area (Å²) < 4.78 is 17.4. The van der Waals surface area contributed by atoms with E-state index in [0.29, 0.717) is 34.6 Å². The zero-order chi connectivity index (χ0) is 26.9. The molecule has 37 heavy (non-hydrogen) atoms. The first-order chi connectivity index (χ1) is 17.7. The highest BCUT2D eigenvalue weighted by Gasteiger charge is 2.45. The maximum Gasteiger partial charge on any atom is 0.310 e. The Hall–Kier alpha value is -3.58. The van der Waals surface area contributed by atoms with E-state index < -0.39 is 11.9 Å². The molecule has 0 aromatic heterocycles. The number of aldehydes is 1. The molecule has 1 atom stereocenters. The van der Waals surface area contributed by atoms with E-state index in [0.717, 1.165) is 10.8 Å². The SMILES string of the molecule is CCOC(=O)Cc1ccc(N2C(=O)c3c(c(OC(C)C)c4ccccc4c3OC(C)C)C2C=O)c(Cl)c1. The van der Waals surface area contributed by atoms with Crippen LogP contribution in [0, 0.1) is 0 Å². The highest BCUT2D eigenvalue weighted by molar-refractivity contribution is 6.35. The van der Waals surface area contributed by atoms with Crippen LogP contribution in [0.15, 0.2) is 42.5 Å². The second kappa shape index (κ2) is 10.8. The fourth-order valence-electron chi connectivity index (χ4n) is 4.61. The highest BCUT2D eigenvalue weighted by atomic mass is 35.5. The van der Waals surface area contributed by atoms with Gasteiger partial charge in [-0.1, -0.05) is 41.9 Å². The van der Waals surface area contributed by atoms with Gasteiger partial charge in [-0.05, 0) is 52.3 Å². The van der Waals surface area contributed by atoms with Crippen molar-refractivity contribution in [3.05, 3.63) is 64.2 Å². The topological polar surface area (TPSA) is 82.1 Å². The molecule has 7 nitrogen and oxygen atoms in total. The van der Waals surface area contributed by atoms with Crippen LogP contribution in [0.5, 0.6) is 11.5 Å². The number of fused-ring (bicyclic) bond motifs is 2. The fourth-order valence-corrected chi connectivity index (χ4v) is 4.90. The van der Waals surface area contributed by atoms with Crippen LogP contribution in [0.3, 0.4) is 0 Å². The number of hydrogen-bond donors (Lipinski definition) is 0. The number of carbonyl (C=O) groups excluding carboxylic acids is 3. The van der Waals surface area contributed by atoms with Crippen LogP contribution < -0.4 is 14.4 Å². The van der Waals surface area contributed by atoms with Crippen LogP contribution >= 0.6 is 11.6 Å². The van der Waals surface area contributed by atoms with Gasteiger partial charge in [-0.15, -0.1) is 0 Å². The average molecular weight is 524 g/mol. The number of amides is 1. The number of halogens is 1. The molecule has 0 fully saturated rings. The molecule has 8 heteroatoms. The molecule has 0 N–H and O–H groups in total. The number of nitrogens with zero attached hydrogens (tertiary/aromatic N) is 1. The van der Waals surface area contributed by atoms with E-state index >= 15 is 0 Å². The molecule has 3 aromatic carbocycles. The summed E-state index contributed by atoms with van der Waals surface area (Å²) in [6.45, 7) is 9.57. The van der Waals surface area contributed by atoms with Crippen LogP contribution in [0.4, 0.5) is 5.69 Å². The van der Waals surface area contributed by atoms with Gasteiger partial charge in [0.05, 0.1) is 41.5 Å². The summed E-state index contributed by atoms with van der Waals surface area (Å²) in [5, 5.41) is 1.71. The second-order valence-corrected chi connectivity index (χ2v) is 9.76. The number of benzene rings is 3. The van der Waals surface area contributed by atoms with Crippen molar-refractivity contribution >= 4 is 46.2 Å². The Balaban J connectivity index is 1.92. The molecule has 0 saturated carbocycles. The summed E-state index contributed by atoms with van der Waals surface area (Å²) in [5.74, 6) is 0.0901. The van der Waals surface area contributed by atoms with Gasteiger partial charge in [-0.2, -0.15) is 0 Å². The van der Waals surface area contributed by atoms with Gasteiger partial charge in [0.25, 0.3) is 5.91 Å². The Morgan fingerprint density at radius 3 is 2.22 bits per heavy atom. The fraction of sp³-hybridized carbons (Fsp3) is 0.345. The van der Waals surface area contributed by atoms with E-state index in [1.807, 2.05) is 52.0 Å². The zero-order valence-corrected chi connectivity index (χ0v) is 22.3. The average Bonchev–Trinajstić information content (AvgIpc) is 3.13. The summed E-state index contributed by atoms with van der Waals surface area (Å²) in [7, 11) is 0. The molecular formula is C29H30ClNO6. The summed E-state index contributed by atoms with van der Waals surface area (Å²) >= 11 is 6.63. The van der Waals surface area contributed by atoms with E-state index in [9.17, 15) is 14.4 Å². The van der Waals surface area contributed by atoms with E-state index in [4.69, 9.17) is 25.8 Å². The third kappa shape index (κ3) is 5.01. The Morgan fingerprint density at radius 1 is 1.03 bits per heavy atom. The summed E-state index contributed by atoms with van der Waals surface area (Å²) in [6, 6.07) is 11.5. The van der Waals surface area contributed by atoms with Gasteiger partial charge >= 0.3 is 5.97 Å². The molecule has 3 aromatic rings. The molecule has 0 bridgehead atoms. The maximum atomic E-state index is 14.0. The number of anilines is 1. The lowest BCUT2D eigenvalue weighted by Gasteiger charge is -2.24. The first-order valence-corrected chi connectivity index (χ1v) is 12.7. The summed E-state index contributed by atoms with van der Waals surface area (Å²) in [4.78, 5) is 40.0. The van der Waals surface area contributed by atoms with Crippen molar-refractivity contribution in [2.24, 2.45) is 0 Å². The van der Waals surface area contributed by atoms with Crippen molar-refractivity contribution in [1.29, 1.82) is 0 Å². The highest BCUT2D eigenvalue weighted by Crippen LogP contribution is 2.51. The standard InChI is InChI=1S/C29H30ClNO6/c1-6-35-24(33)14-18-11-12-22(21(30)13-18)31-23(15-32)25-26(29(31)34)28(37-17(4)5)20-10-8-7-9-19(20)27(25)36-16(2)3/h7-13,15-17,23H,6,14H2,1-5H3. The summed E-state index contributed by atoms with van der Waals surface area (Å²) in [6.07, 6.45) is 0.343. The number of hydrogen-bond acceptors (Lipinski definition) is 6. The van der Waals surface area contributed by atoms with Gasteiger partial charge in [0.2, 0.25) is 0 Å². The zero-order valence-electron chi connectivity index (χ0n) is 21.5. The molecule has 1 aliphatic heterocycles. The molecule has 1 unspecified atom stereocenters. The lowest BCUT2D eigenvalue weighted by Crippen LogP contribution is -2.29. The van der Waals surface area contributed by atoms with Crippen molar-refractivity contribution in [3.63, 3.8) is 0 Å². The van der Waals surface area contributed by atoms with E-state index in [2.05, 4.69) is 0 Å². The predicted octanol–water partition coefficient (Wildman–Crippen LogP) is 6.07. The Morgan fingerprint density at radius 2 is 1.65 bits per heavy atom. The minimum atomic E-state index is -0.983. The molecule has 1 heterocycles. The largest absolute Gasteiger partial charge is 0.490 e. The molecule has 0 saturated heterocycles. The molecule has 1 amide bonds. The van der Waals surface area contributed by atoms with Gasteiger partial charge in [0.15, 0.2) is 0 Å². The van der Waals surface area contributed by atoms with Crippen LogP contribution in [-0.2, 0) is 20.7 Å². The molecule has 4 rings (SSSR count). The number of carbonyl (C=O) groups is 3. The van der Waals surface area contributed by atoms with Crippen molar-refractivity contribution in [3.8, 4) is 11.5 Å². The second-order valence-electron chi connectivity index (χ2n) is 9.35. The lowest BCUT2D eigenvalue weighted by atomic mass is 9.96. The number of ether oxygens (including phenoxy) is 3. The third-order valence-electron chi connectivity index (χ3n) is 5.93. The van der Waals surface area contributed by atoms with Crippen molar-refractivity contribution < 1.29 is 28.6 Å². The third-order valence-corrected chi connectivity index (χ3v) is 6.23. The predicted molar refractivity (Wildman–Crippen MR) is 143 cm³/mol. The van der Waals surface area contributed by atoms with Crippen molar-refractivity contribution in [1.82, 2.24) is 0 Å². The Labute approximate surface area is 221 Å². The Bertz CT molecular complexity index is 1370. The molecular weight excluding hydrogens is 494 g/mol. The van der Waals surface area contributed by atoms with E-state index in [1.54, 1.807) is 25.1 Å². The van der Waals surface area contributed by atoms with Crippen LogP contribution in [0.25, 0.3) is 10.8 Å². The summed E-state index contributed by atoms with van der Waals surface area (Å²) in [5.41, 5.74) is 1.72. The van der Waals surface area contributed by atoms with Crippen LogP contribution in [-0.4, -0.2) is 37.0 Å². The van der Waals surface area contributed by atoms with E-state index in [1.165, 1.54) is 4.90 Å². The van der Waals surface area contributed by atoms with E-state index in [-0.39, 0.29) is 41.8 Å². The lowest BCUT2D eigenvalue weighted by molar-refractivity contribution is -0.142. The van der Waals surface area contributed by atoms with Gasteiger partial charge in [0.1, 0.15) is 23.8 Å². The quantitative estimate of drug-likeness (QED) is 0.250. The van der Waals surface area contributed by atoms with Gasteiger partial charge in [-0.3, -0.25) is 14.5 Å². The Kier molecular flexibility index (Phi) is 7.73. The minimum Gasteiger partial charge on any atom is -0.490 e. The van der Waals surface area contributed by atoms with Gasteiger partial charge in [0, 0.05) is 16.3 Å². The minimum absolute atomic E-state index is 0.0449. The molecule has 0 spiro atoms. The first-order valence-electron chi connectivity index (χ1n) is 12.3. The van der Waals surface area contributed by atoms with Crippen LogP contribution in [0.1, 0.15) is 62.1 Å². The molecule has 0 aliphatic carbocycles. The number of rotatable bonds is 9. The first kappa shape index (κ1) is 26.5. The monoisotopic (exact) mass is 523 g/mol. The molecule has 0 radical (unpaired) electrons. The smallest absolute Gasteiger partial charge is 0.310 e. The molecule has 194 valence electrons. The normalized spacial score (nSPS) is 14.9.